The van der Waals surface area contributed by atoms with Crippen LogP contribution in [0.1, 0.15) is 80.5 Å². The number of nitrogens with two attached hydrogens (primary N) is 3. The van der Waals surface area contributed by atoms with Crippen LogP contribution in [0.4, 0.5) is 0 Å². The summed E-state index contributed by atoms with van der Waals surface area (Å²) >= 11 is 0. The summed E-state index contributed by atoms with van der Waals surface area (Å²) in [6.07, 6.45) is -1.20. The Balaban J connectivity index is 0.000000199. The van der Waals surface area contributed by atoms with Gasteiger partial charge < -0.3 is 144 Å². The Morgan fingerprint density at radius 1 is 0.295 bits per heavy atom. The van der Waals surface area contributed by atoms with E-state index >= 15 is 0 Å². The fourth-order valence-corrected chi connectivity index (χ4v) is 13.0. The predicted molar refractivity (Wildman–Crippen MR) is 538 cm³/mol. The normalized spacial score (nSPS) is 19.6. The van der Waals surface area contributed by atoms with Crippen molar-refractivity contribution in [1.82, 2.24) is 97.7 Å². The molecule has 750 valence electrons. The summed E-state index contributed by atoms with van der Waals surface area (Å²) in [6.45, 7) is 14.7. The Labute approximate surface area is 805 Å². The number of aliphatic imine (C=N–C) groups is 14. The molecule has 0 bridgehead atoms. The van der Waals surface area contributed by atoms with Crippen molar-refractivity contribution >= 4 is 83.4 Å². The molecule has 0 radical (unpaired) electrons. The number of benzene rings is 7. The Bertz CT molecular complexity index is 5840. The summed E-state index contributed by atoms with van der Waals surface area (Å²) in [5, 5.41) is 164. The van der Waals surface area contributed by atoms with Gasteiger partial charge in [0.25, 0.3) is 0 Å². The number of phenols is 14. The average Bonchev–Trinajstić information content (AvgIpc) is 0.810. The van der Waals surface area contributed by atoms with Gasteiger partial charge in [-0.25, -0.2) is 59.9 Å². The molecule has 139 heavy (non-hydrogen) atoms. The molecule has 7 aromatic rings. The lowest BCUT2D eigenvalue weighted by molar-refractivity contribution is 0.394. The van der Waals surface area contributed by atoms with Crippen molar-refractivity contribution in [2.75, 3.05) is 91.6 Å². The molecule has 1 fully saturated rings. The van der Waals surface area contributed by atoms with E-state index in [9.17, 15) is 71.5 Å². The SMILES string of the molecule is CC1N=C(N(C)C)N(C)C(N(C)Cc2ccc(O)c(O)c2)=N1.CC1N=C(N(C)C)NC(=NCc2ccc(O)c(O)c2)N1.CC1N=C(N(C)C)NC(N(C)Cc2ccc(O)c(O)c2)=N1.CC1N=C(N)NC(=NCc2ccc(O)c(O)c2)N1.CC1N=C(N)NC(N(C)Cc2ccc(O)c(O)c2)=N1.CN=C1NC(=NCc2ccc(O)c(O)c2)NC(C)N1.CN=C1NC(N(C)Cc2ccc(O)c(O)c2)=NC(N)N1. The van der Waals surface area contributed by atoms with Crippen LogP contribution in [-0.4, -0.2) is 329 Å². The number of nitrogens with one attached hydrogen (secondary N) is 11. The molecule has 0 saturated carbocycles. The van der Waals surface area contributed by atoms with Crippen molar-refractivity contribution in [1.29, 1.82) is 0 Å². The second kappa shape index (κ2) is 50.3. The van der Waals surface area contributed by atoms with E-state index in [0.717, 1.165) is 62.8 Å². The number of hydrogen-bond donors (Lipinski definition) is 28. The Morgan fingerprint density at radius 2 is 0.590 bits per heavy atom. The van der Waals surface area contributed by atoms with Gasteiger partial charge in [0.1, 0.15) is 30.8 Å². The first-order chi connectivity index (χ1) is 65.7. The topological polar surface area (TPSA) is 693 Å². The summed E-state index contributed by atoms with van der Waals surface area (Å²) in [7, 11) is 24.3. The maximum Gasteiger partial charge on any atom is 0.205 e. The van der Waals surface area contributed by atoms with Gasteiger partial charge in [-0.1, -0.05) is 42.5 Å². The Hall–Kier alpha value is -17.1. The second-order valence-electron chi connectivity index (χ2n) is 32.6. The molecule has 7 atom stereocenters. The molecule has 0 amide bonds. The van der Waals surface area contributed by atoms with Crippen molar-refractivity contribution in [2.24, 2.45) is 87.1 Å². The van der Waals surface area contributed by atoms with Crippen molar-refractivity contribution in [3.8, 4) is 80.5 Å². The Kier molecular flexibility index (Phi) is 38.8. The highest BCUT2D eigenvalue weighted by Gasteiger charge is 2.27. The molecule has 0 spiro atoms. The van der Waals surface area contributed by atoms with Crippen LogP contribution in [0.5, 0.6) is 80.5 Å². The van der Waals surface area contributed by atoms with Crippen LogP contribution in [0.3, 0.4) is 0 Å². The molecule has 50 heteroatoms. The highest BCUT2D eigenvalue weighted by atomic mass is 16.3. The first-order valence-electron chi connectivity index (χ1n) is 43.3. The van der Waals surface area contributed by atoms with Gasteiger partial charge in [0, 0.05) is 118 Å². The molecule has 1 saturated heterocycles. The largest absolute Gasteiger partial charge is 0.504 e. The van der Waals surface area contributed by atoms with E-state index in [1.807, 2.05) is 158 Å². The fraction of sp³-hybridized carbons (Fsp3) is 0.371. The smallest absolute Gasteiger partial charge is 0.205 e. The number of aromatic hydroxyl groups is 14. The molecule has 7 aromatic carbocycles. The molecular formula is C89H130N36O14. The molecule has 50 nitrogen and oxygen atoms in total. The first-order valence-corrected chi connectivity index (χ1v) is 43.3. The first kappa shape index (κ1) is 107. The minimum Gasteiger partial charge on any atom is -0.504 e. The monoisotopic (exact) mass is 1930 g/mol. The number of phenolic OH excluding ortho intramolecular Hbond substituents is 14. The van der Waals surface area contributed by atoms with Crippen molar-refractivity contribution < 1.29 is 71.5 Å². The number of guanidine groups is 14. The summed E-state index contributed by atoms with van der Waals surface area (Å²) in [5.41, 5.74) is 22.8. The third-order valence-electron chi connectivity index (χ3n) is 19.8. The van der Waals surface area contributed by atoms with Crippen molar-refractivity contribution in [3.63, 3.8) is 0 Å². The zero-order valence-electron chi connectivity index (χ0n) is 80.9. The van der Waals surface area contributed by atoms with Crippen LogP contribution < -0.4 is 75.7 Å². The Morgan fingerprint density at radius 3 is 0.964 bits per heavy atom. The molecule has 7 aliphatic heterocycles. The fourth-order valence-electron chi connectivity index (χ4n) is 13.0. The molecule has 31 N–H and O–H groups in total. The van der Waals surface area contributed by atoms with Crippen LogP contribution in [0.25, 0.3) is 0 Å². The molecule has 7 heterocycles. The molecule has 7 aliphatic rings. The third-order valence-corrected chi connectivity index (χ3v) is 19.8. The van der Waals surface area contributed by atoms with Crippen molar-refractivity contribution in [3.05, 3.63) is 166 Å². The molecule has 0 aromatic heterocycles. The summed E-state index contributed by atoms with van der Waals surface area (Å²) in [4.78, 5) is 75.2. The van der Waals surface area contributed by atoms with Gasteiger partial charge in [0.2, 0.25) is 47.7 Å². The van der Waals surface area contributed by atoms with E-state index in [1.165, 1.54) is 72.8 Å². The predicted octanol–water partition coefficient (Wildman–Crippen LogP) is 1.59. The van der Waals surface area contributed by atoms with Gasteiger partial charge in [-0.2, -0.15) is 0 Å². The summed E-state index contributed by atoms with van der Waals surface area (Å²) in [5.74, 6) is 6.76. The number of hydrogen-bond acceptors (Lipinski definition) is 41. The van der Waals surface area contributed by atoms with E-state index in [0.29, 0.717) is 105 Å². The van der Waals surface area contributed by atoms with Crippen LogP contribution in [-0.2, 0) is 45.8 Å². The quantitative estimate of drug-likeness (QED) is 0.0687. The lowest BCUT2D eigenvalue weighted by atomic mass is 10.2. The van der Waals surface area contributed by atoms with Crippen LogP contribution >= 0.6 is 0 Å². The standard InChI is InChI=1S/C15H23N5O2.C14H21N5O2.C13H19N5O2.C12H18N6O2.2C12H17N5O2.C11H15N5O2/c1-10-16-14(18(2)3)20(5)15(17-10)19(4)9-11-6-7-12(21)13(22)8-11;1-9-15-13(18(2)3)17-14(16-9)19(4)8-10-5-6-11(20)12(21)7-10;1-8-15-12(17-13(16-8)18(2)3)14-7-9-4-5-10(19)11(20)6-9;1-14-11-15-10(13)16-12(17-11)18(2)6-7-3-4-8(19)9(20)5-7;1-7-14-11(13)16-12(15-7)17(2)6-8-3-4-9(18)10(19)5-8;1-7-15-11(13-2)17-12(16-7)14-6-8-3-4-9(18)10(19)5-8;1-6-14-10(12)16-11(15-6)13-5-7-2-3-8(17)9(18)4-7/h6-8,10,21-22H,9H2,1-5H3;5-7,9,20-21H,8H2,1-4H3,(H,15,16,17);4-6,8,19-20H,7H2,1-3H3,(H2,14,15,16,17);3-5,10,19-20H,6,13H2,1-2H3,(H2,14,15,16,17);3-5,7,18-19H,6H2,1-2H3,(H3,13,14,15,16);3-5,7,18-19H,6H2,1-2H3,(H3,13,14,15,16,17);2-4,6,17-18H,5H2,1H3,(H4,12,13,14,15,16). The molecule has 14 rings (SSSR count). The van der Waals surface area contributed by atoms with Gasteiger partial charge in [-0.3, -0.25) is 52.5 Å². The zero-order chi connectivity index (χ0) is 102. The summed E-state index contributed by atoms with van der Waals surface area (Å²) in [6, 6.07) is 32.8. The maximum absolute atomic E-state index is 9.60. The van der Waals surface area contributed by atoms with E-state index in [1.54, 1.807) is 68.7 Å². The molecular weight excluding hydrogens is 1800 g/mol. The highest BCUT2D eigenvalue weighted by Crippen LogP contribution is 2.32. The van der Waals surface area contributed by atoms with E-state index in [2.05, 4.69) is 128 Å². The van der Waals surface area contributed by atoms with Crippen LogP contribution in [0.2, 0.25) is 0 Å². The van der Waals surface area contributed by atoms with E-state index in [-0.39, 0.29) is 117 Å². The third kappa shape index (κ3) is 33.8. The molecule has 7 unspecified atom stereocenters. The highest BCUT2D eigenvalue weighted by molar-refractivity contribution is 6.04. The van der Waals surface area contributed by atoms with E-state index < -0.39 is 6.29 Å². The molecule has 0 aliphatic carbocycles. The van der Waals surface area contributed by atoms with Gasteiger partial charge >= 0.3 is 0 Å². The van der Waals surface area contributed by atoms with Gasteiger partial charge in [0.05, 0.1) is 25.8 Å². The van der Waals surface area contributed by atoms with Crippen LogP contribution in [0.15, 0.2) is 197 Å². The minimum absolute atomic E-state index is 0.0342. The zero-order valence-corrected chi connectivity index (χ0v) is 80.9. The minimum atomic E-state index is -0.555. The summed E-state index contributed by atoms with van der Waals surface area (Å²) < 4.78 is 0. The van der Waals surface area contributed by atoms with Gasteiger partial charge in [0.15, 0.2) is 123 Å². The number of rotatable bonds is 14. The number of nitrogens with zero attached hydrogens (tertiary/aromatic N) is 22. The van der Waals surface area contributed by atoms with Crippen molar-refractivity contribution in [2.45, 2.75) is 131 Å². The van der Waals surface area contributed by atoms with Gasteiger partial charge in [-0.15, -0.1) is 0 Å². The average molecular weight is 1930 g/mol. The van der Waals surface area contributed by atoms with Crippen LogP contribution in [0, 0.1) is 0 Å². The maximum atomic E-state index is 9.60. The van der Waals surface area contributed by atoms with Gasteiger partial charge in [-0.05, 0) is 165 Å². The lowest BCUT2D eigenvalue weighted by Gasteiger charge is -2.35. The lowest BCUT2D eigenvalue weighted by Crippen LogP contribution is -2.61. The second-order valence-corrected chi connectivity index (χ2v) is 32.6. The van der Waals surface area contributed by atoms with E-state index in [4.69, 9.17) is 17.2 Å².